The van der Waals surface area contributed by atoms with Crippen LogP contribution in [0.4, 0.5) is 17.2 Å². The maximum Gasteiger partial charge on any atom is 0.267 e. The molecule has 2 aromatic rings. The molecule has 0 fully saturated rings. The van der Waals surface area contributed by atoms with Crippen LogP contribution in [0.3, 0.4) is 0 Å². The molecular formula is C16H18ClN5O. The van der Waals surface area contributed by atoms with E-state index in [2.05, 4.69) is 21.9 Å². The number of aromatic nitrogens is 2. The largest absolute Gasteiger partial charge is 0.364 e. The molecular weight excluding hydrogens is 314 g/mol. The highest BCUT2D eigenvalue weighted by Gasteiger charge is 2.10. The topological polar surface area (TPSA) is 84.1 Å². The molecule has 0 aliphatic heterocycles. The Labute approximate surface area is 140 Å². The molecule has 120 valence electrons. The van der Waals surface area contributed by atoms with Crippen LogP contribution in [0.15, 0.2) is 36.5 Å². The van der Waals surface area contributed by atoms with E-state index in [0.29, 0.717) is 5.82 Å². The highest BCUT2D eigenvalue weighted by atomic mass is 35.5. The molecule has 3 N–H and O–H groups in total. The lowest BCUT2D eigenvalue weighted by Gasteiger charge is -2.22. The molecule has 0 spiro atoms. The summed E-state index contributed by atoms with van der Waals surface area (Å²) in [7, 11) is 1.96. The number of hydrogen-bond donors (Lipinski definition) is 2. The number of carbonyl (C=O) groups excluding carboxylic acids is 1. The lowest BCUT2D eigenvalue weighted by Crippen LogP contribution is -2.15. The standard InChI is InChI=1S/C16H18ClN5O/c1-9(2)22(4)13-6-5-11(7-10(13)3)19-14-8-12(15(18)23)20-16(17)21-14/h5-8H,1H2,2-4H3,(H2,18,23)(H,19,20,21). The molecule has 6 nitrogen and oxygen atoms in total. The third-order valence-corrected chi connectivity index (χ3v) is 3.52. The quantitative estimate of drug-likeness (QED) is 0.821. The number of rotatable bonds is 5. The van der Waals surface area contributed by atoms with Crippen LogP contribution in [0.1, 0.15) is 23.0 Å². The van der Waals surface area contributed by atoms with Crippen molar-refractivity contribution in [2.24, 2.45) is 5.73 Å². The molecule has 0 atom stereocenters. The van der Waals surface area contributed by atoms with E-state index in [1.165, 1.54) is 6.07 Å². The van der Waals surface area contributed by atoms with Crippen molar-refractivity contribution in [1.29, 1.82) is 0 Å². The average Bonchev–Trinajstić information content (AvgIpc) is 2.46. The van der Waals surface area contributed by atoms with Gasteiger partial charge in [-0.2, -0.15) is 0 Å². The van der Waals surface area contributed by atoms with Gasteiger partial charge in [0.15, 0.2) is 0 Å². The summed E-state index contributed by atoms with van der Waals surface area (Å²) in [6.45, 7) is 7.88. The number of aryl methyl sites for hydroxylation is 1. The number of allylic oxidation sites excluding steroid dienone is 1. The van der Waals surface area contributed by atoms with Gasteiger partial charge >= 0.3 is 0 Å². The summed E-state index contributed by atoms with van der Waals surface area (Å²) in [6.07, 6.45) is 0. The number of nitrogens with zero attached hydrogens (tertiary/aromatic N) is 3. The molecule has 2 rings (SSSR count). The maximum atomic E-state index is 11.2. The van der Waals surface area contributed by atoms with Crippen molar-refractivity contribution in [1.82, 2.24) is 9.97 Å². The van der Waals surface area contributed by atoms with Crippen LogP contribution in [0.2, 0.25) is 5.28 Å². The zero-order chi connectivity index (χ0) is 17.1. The molecule has 0 aliphatic rings. The van der Waals surface area contributed by atoms with Crippen molar-refractivity contribution in [3.63, 3.8) is 0 Å². The molecule has 0 bridgehead atoms. The number of carbonyl (C=O) groups is 1. The lowest BCUT2D eigenvalue weighted by molar-refractivity contribution is 0.0995. The summed E-state index contributed by atoms with van der Waals surface area (Å²) >= 11 is 5.81. The summed E-state index contributed by atoms with van der Waals surface area (Å²) in [6, 6.07) is 7.30. The fourth-order valence-electron chi connectivity index (χ4n) is 2.07. The second kappa shape index (κ2) is 6.66. The van der Waals surface area contributed by atoms with Crippen molar-refractivity contribution in [2.75, 3.05) is 17.3 Å². The number of primary amides is 1. The van der Waals surface area contributed by atoms with Gasteiger partial charge in [0, 0.05) is 30.2 Å². The number of nitrogens with two attached hydrogens (primary N) is 1. The summed E-state index contributed by atoms with van der Waals surface area (Å²) in [5, 5.41) is 3.05. The number of anilines is 3. The Morgan fingerprint density at radius 3 is 2.61 bits per heavy atom. The number of nitrogens with one attached hydrogen (secondary N) is 1. The molecule has 0 unspecified atom stereocenters. The molecule has 1 aromatic heterocycles. The normalized spacial score (nSPS) is 10.3. The minimum Gasteiger partial charge on any atom is -0.364 e. The molecule has 1 heterocycles. The van der Waals surface area contributed by atoms with Gasteiger partial charge in [0.1, 0.15) is 11.5 Å². The first-order chi connectivity index (χ1) is 10.8. The third-order valence-electron chi connectivity index (χ3n) is 3.35. The van der Waals surface area contributed by atoms with E-state index in [-0.39, 0.29) is 11.0 Å². The third kappa shape index (κ3) is 3.98. The Bertz CT molecular complexity index is 775. The predicted octanol–water partition coefficient (Wildman–Crippen LogP) is 3.25. The van der Waals surface area contributed by atoms with Crippen LogP contribution in [-0.2, 0) is 0 Å². The lowest BCUT2D eigenvalue weighted by atomic mass is 10.1. The molecule has 1 amide bonds. The van der Waals surface area contributed by atoms with E-state index in [1.807, 2.05) is 44.0 Å². The minimum absolute atomic E-state index is 0.0424. The van der Waals surface area contributed by atoms with Crippen molar-refractivity contribution >= 4 is 34.7 Å². The van der Waals surface area contributed by atoms with Crippen molar-refractivity contribution in [3.8, 4) is 0 Å². The maximum absolute atomic E-state index is 11.2. The van der Waals surface area contributed by atoms with Crippen LogP contribution in [0, 0.1) is 6.92 Å². The first-order valence-electron chi connectivity index (χ1n) is 6.89. The van der Waals surface area contributed by atoms with E-state index >= 15 is 0 Å². The second-order valence-corrected chi connectivity index (χ2v) is 5.53. The van der Waals surface area contributed by atoms with E-state index in [9.17, 15) is 4.79 Å². The Morgan fingerprint density at radius 1 is 1.35 bits per heavy atom. The zero-order valence-electron chi connectivity index (χ0n) is 13.2. The van der Waals surface area contributed by atoms with Gasteiger partial charge < -0.3 is 16.0 Å². The van der Waals surface area contributed by atoms with Gasteiger partial charge in [-0.05, 0) is 49.2 Å². The summed E-state index contributed by atoms with van der Waals surface area (Å²) < 4.78 is 0. The Hall–Kier alpha value is -2.60. The number of hydrogen-bond acceptors (Lipinski definition) is 5. The molecule has 0 aliphatic carbocycles. The number of benzene rings is 1. The van der Waals surface area contributed by atoms with E-state index in [4.69, 9.17) is 17.3 Å². The molecule has 1 aromatic carbocycles. The zero-order valence-corrected chi connectivity index (χ0v) is 14.0. The average molecular weight is 332 g/mol. The first-order valence-corrected chi connectivity index (χ1v) is 7.27. The van der Waals surface area contributed by atoms with Crippen LogP contribution < -0.4 is 16.0 Å². The highest BCUT2D eigenvalue weighted by molar-refractivity contribution is 6.28. The molecule has 7 heteroatoms. The Morgan fingerprint density at radius 2 is 2.04 bits per heavy atom. The number of amides is 1. The predicted molar refractivity (Wildman–Crippen MR) is 93.2 cm³/mol. The molecule has 23 heavy (non-hydrogen) atoms. The fraction of sp³-hybridized carbons (Fsp3) is 0.188. The smallest absolute Gasteiger partial charge is 0.267 e. The SMILES string of the molecule is C=C(C)N(C)c1ccc(Nc2cc(C(N)=O)nc(Cl)n2)cc1C. The van der Waals surface area contributed by atoms with Gasteiger partial charge in [-0.15, -0.1) is 0 Å². The first kappa shape index (κ1) is 16.8. The van der Waals surface area contributed by atoms with Gasteiger partial charge in [0.25, 0.3) is 5.91 Å². The van der Waals surface area contributed by atoms with Crippen molar-refractivity contribution in [2.45, 2.75) is 13.8 Å². The van der Waals surface area contributed by atoms with Crippen LogP contribution in [0.25, 0.3) is 0 Å². The number of halogens is 1. The van der Waals surface area contributed by atoms with Gasteiger partial charge in [-0.25, -0.2) is 9.97 Å². The van der Waals surface area contributed by atoms with Crippen LogP contribution in [0.5, 0.6) is 0 Å². The van der Waals surface area contributed by atoms with Gasteiger partial charge in [0.05, 0.1) is 0 Å². The van der Waals surface area contributed by atoms with E-state index in [0.717, 1.165) is 22.6 Å². The summed E-state index contributed by atoms with van der Waals surface area (Å²) in [5.41, 5.74) is 9.16. The summed E-state index contributed by atoms with van der Waals surface area (Å²) in [5.74, 6) is -0.258. The fourth-order valence-corrected chi connectivity index (χ4v) is 2.25. The molecule has 0 radical (unpaired) electrons. The van der Waals surface area contributed by atoms with Crippen LogP contribution >= 0.6 is 11.6 Å². The van der Waals surface area contributed by atoms with Crippen molar-refractivity contribution < 1.29 is 4.79 Å². The molecule has 0 saturated carbocycles. The molecule has 0 saturated heterocycles. The second-order valence-electron chi connectivity index (χ2n) is 5.19. The van der Waals surface area contributed by atoms with Gasteiger partial charge in [-0.1, -0.05) is 6.58 Å². The van der Waals surface area contributed by atoms with Gasteiger partial charge in [0.2, 0.25) is 5.28 Å². The van der Waals surface area contributed by atoms with Gasteiger partial charge in [-0.3, -0.25) is 4.79 Å². The van der Waals surface area contributed by atoms with Crippen LogP contribution in [-0.4, -0.2) is 22.9 Å². The summed E-state index contributed by atoms with van der Waals surface area (Å²) in [4.78, 5) is 21.0. The van der Waals surface area contributed by atoms with Crippen molar-refractivity contribution in [3.05, 3.63) is 53.1 Å². The minimum atomic E-state index is -0.660. The Balaban J connectivity index is 2.29. The highest BCUT2D eigenvalue weighted by Crippen LogP contribution is 2.26. The van der Waals surface area contributed by atoms with E-state index in [1.54, 1.807) is 0 Å². The Kier molecular flexibility index (Phi) is 4.86. The van der Waals surface area contributed by atoms with E-state index < -0.39 is 5.91 Å². The monoisotopic (exact) mass is 331 g/mol.